The standard InChI is InChI=1S/C20H32/c1-14-13-15-17-8-6-10-19(17,2)12-9-18(15)20(3)11-5-4-7-16(14)20/h7,14-15,17-18H,4-6,8-13H2,1-3H3/t14-,15-,17-,18-,19-,20-/m0/s1. The number of fused-ring (bicyclic) bond motifs is 5. The maximum atomic E-state index is 2.65. The van der Waals surface area contributed by atoms with Crippen LogP contribution in [0, 0.1) is 34.5 Å². The van der Waals surface area contributed by atoms with E-state index in [2.05, 4.69) is 26.8 Å². The first-order valence-corrected chi connectivity index (χ1v) is 9.25. The van der Waals surface area contributed by atoms with Crippen LogP contribution < -0.4 is 0 Å². The quantitative estimate of drug-likeness (QED) is 0.476. The molecule has 0 heteroatoms. The zero-order valence-electron chi connectivity index (χ0n) is 13.8. The third-order valence-corrected chi connectivity index (χ3v) is 8.12. The molecule has 4 aliphatic rings. The highest BCUT2D eigenvalue weighted by molar-refractivity contribution is 5.25. The normalized spacial score (nSPS) is 54.6. The van der Waals surface area contributed by atoms with Gasteiger partial charge in [0.05, 0.1) is 0 Å². The van der Waals surface area contributed by atoms with E-state index in [0.29, 0.717) is 10.8 Å². The fraction of sp³-hybridized carbons (Fsp3) is 0.900. The van der Waals surface area contributed by atoms with Crippen molar-refractivity contribution in [1.82, 2.24) is 0 Å². The molecule has 0 amide bonds. The molecule has 0 bridgehead atoms. The van der Waals surface area contributed by atoms with Crippen molar-refractivity contribution in [3.05, 3.63) is 11.6 Å². The summed E-state index contributed by atoms with van der Waals surface area (Å²) in [5.74, 6) is 3.99. The van der Waals surface area contributed by atoms with Crippen LogP contribution >= 0.6 is 0 Å². The Balaban J connectivity index is 1.72. The Morgan fingerprint density at radius 2 is 1.85 bits per heavy atom. The molecule has 0 unspecified atom stereocenters. The lowest BCUT2D eigenvalue weighted by molar-refractivity contribution is -0.0477. The average molecular weight is 272 g/mol. The fourth-order valence-electron chi connectivity index (χ4n) is 7.20. The molecule has 0 aromatic carbocycles. The minimum atomic E-state index is 0.574. The molecular weight excluding hydrogens is 240 g/mol. The predicted molar refractivity (Wildman–Crippen MR) is 85.5 cm³/mol. The van der Waals surface area contributed by atoms with Crippen molar-refractivity contribution in [1.29, 1.82) is 0 Å². The summed E-state index contributed by atoms with van der Waals surface area (Å²) < 4.78 is 0. The van der Waals surface area contributed by atoms with Gasteiger partial charge in [-0.15, -0.1) is 0 Å². The molecule has 3 saturated carbocycles. The van der Waals surface area contributed by atoms with Gasteiger partial charge in [0, 0.05) is 0 Å². The zero-order valence-corrected chi connectivity index (χ0v) is 13.8. The van der Waals surface area contributed by atoms with Crippen molar-refractivity contribution in [2.45, 2.75) is 78.6 Å². The molecule has 0 radical (unpaired) electrons. The highest BCUT2D eigenvalue weighted by Gasteiger charge is 2.56. The third-order valence-electron chi connectivity index (χ3n) is 8.12. The molecule has 4 rings (SSSR count). The summed E-state index contributed by atoms with van der Waals surface area (Å²) in [5, 5.41) is 0. The molecular formula is C20H32. The number of allylic oxidation sites excluding steroid dienone is 2. The van der Waals surface area contributed by atoms with Gasteiger partial charge in [-0.2, -0.15) is 0 Å². The Morgan fingerprint density at radius 3 is 2.70 bits per heavy atom. The van der Waals surface area contributed by atoms with Crippen molar-refractivity contribution < 1.29 is 0 Å². The minimum absolute atomic E-state index is 0.574. The van der Waals surface area contributed by atoms with Gasteiger partial charge in [0.15, 0.2) is 0 Å². The lowest BCUT2D eigenvalue weighted by Gasteiger charge is -2.59. The first kappa shape index (κ1) is 13.4. The van der Waals surface area contributed by atoms with Crippen LogP contribution in [0.1, 0.15) is 78.6 Å². The second-order valence-corrected chi connectivity index (χ2v) is 9.07. The topological polar surface area (TPSA) is 0 Å². The summed E-state index contributed by atoms with van der Waals surface area (Å²) in [5.41, 5.74) is 3.16. The van der Waals surface area contributed by atoms with Gasteiger partial charge >= 0.3 is 0 Å². The second-order valence-electron chi connectivity index (χ2n) is 9.07. The maximum absolute atomic E-state index is 2.65. The Labute approximate surface area is 125 Å². The zero-order chi connectivity index (χ0) is 14.0. The van der Waals surface area contributed by atoms with Crippen molar-refractivity contribution >= 4 is 0 Å². The van der Waals surface area contributed by atoms with Crippen molar-refractivity contribution in [3.63, 3.8) is 0 Å². The molecule has 0 nitrogen and oxygen atoms in total. The Kier molecular flexibility index (Phi) is 2.93. The van der Waals surface area contributed by atoms with Crippen LogP contribution in [-0.4, -0.2) is 0 Å². The van der Waals surface area contributed by atoms with Crippen LogP contribution in [0.4, 0.5) is 0 Å². The summed E-state index contributed by atoms with van der Waals surface area (Å²) >= 11 is 0. The lowest BCUT2D eigenvalue weighted by atomic mass is 9.46. The van der Waals surface area contributed by atoms with Gasteiger partial charge in [-0.25, -0.2) is 0 Å². The number of rotatable bonds is 0. The van der Waals surface area contributed by atoms with E-state index in [4.69, 9.17) is 0 Å². The SMILES string of the molecule is C[C@H]1C[C@H]2[C@@H]3CCC[C@@]3(C)CC[C@@H]2[C@@]2(C)CCCC=C12. The second kappa shape index (κ2) is 4.37. The number of hydrogen-bond acceptors (Lipinski definition) is 0. The summed E-state index contributed by atoms with van der Waals surface area (Å²) in [6.07, 6.45) is 16.1. The van der Waals surface area contributed by atoms with Gasteiger partial charge in [0.2, 0.25) is 0 Å². The molecule has 112 valence electrons. The lowest BCUT2D eigenvalue weighted by Crippen LogP contribution is -2.50. The van der Waals surface area contributed by atoms with Crippen LogP contribution in [0.25, 0.3) is 0 Å². The average Bonchev–Trinajstić information content (AvgIpc) is 2.81. The first-order valence-electron chi connectivity index (χ1n) is 9.25. The molecule has 6 atom stereocenters. The maximum Gasteiger partial charge on any atom is -0.00826 e. The minimum Gasteiger partial charge on any atom is -0.0845 e. The van der Waals surface area contributed by atoms with E-state index in [1.165, 1.54) is 51.4 Å². The van der Waals surface area contributed by atoms with Gasteiger partial charge < -0.3 is 0 Å². The van der Waals surface area contributed by atoms with Crippen molar-refractivity contribution in [3.8, 4) is 0 Å². The third kappa shape index (κ3) is 1.66. The van der Waals surface area contributed by atoms with Crippen LogP contribution in [0.3, 0.4) is 0 Å². The molecule has 20 heavy (non-hydrogen) atoms. The van der Waals surface area contributed by atoms with E-state index in [-0.39, 0.29) is 0 Å². The first-order chi connectivity index (χ1) is 9.55. The molecule has 0 saturated heterocycles. The monoisotopic (exact) mass is 272 g/mol. The van der Waals surface area contributed by atoms with Crippen LogP contribution in [0.2, 0.25) is 0 Å². The fourth-order valence-corrected chi connectivity index (χ4v) is 7.20. The van der Waals surface area contributed by atoms with Gasteiger partial charge in [0.25, 0.3) is 0 Å². The van der Waals surface area contributed by atoms with E-state index in [1.54, 1.807) is 6.42 Å². The molecule has 0 spiro atoms. The van der Waals surface area contributed by atoms with Gasteiger partial charge in [0.1, 0.15) is 0 Å². The summed E-state index contributed by atoms with van der Waals surface area (Å²) in [4.78, 5) is 0. The smallest absolute Gasteiger partial charge is 0.00826 e. The summed E-state index contributed by atoms with van der Waals surface area (Å²) in [7, 11) is 0. The molecule has 0 N–H and O–H groups in total. The summed E-state index contributed by atoms with van der Waals surface area (Å²) in [6, 6.07) is 0. The van der Waals surface area contributed by atoms with E-state index in [9.17, 15) is 0 Å². The Morgan fingerprint density at radius 1 is 1.00 bits per heavy atom. The number of hydrogen-bond donors (Lipinski definition) is 0. The van der Waals surface area contributed by atoms with E-state index in [1.807, 2.05) is 5.57 Å². The van der Waals surface area contributed by atoms with Gasteiger partial charge in [-0.3, -0.25) is 0 Å². The van der Waals surface area contributed by atoms with E-state index < -0.39 is 0 Å². The highest BCUT2D eigenvalue weighted by Crippen LogP contribution is 2.66. The van der Waals surface area contributed by atoms with E-state index >= 15 is 0 Å². The molecule has 3 fully saturated rings. The van der Waals surface area contributed by atoms with Crippen molar-refractivity contribution in [2.24, 2.45) is 34.5 Å². The largest absolute Gasteiger partial charge is 0.0845 e. The predicted octanol–water partition coefficient (Wildman–Crippen LogP) is 5.98. The molecule has 0 aliphatic heterocycles. The van der Waals surface area contributed by atoms with Gasteiger partial charge in [-0.05, 0) is 85.9 Å². The molecule has 4 aliphatic carbocycles. The molecule has 0 heterocycles. The van der Waals surface area contributed by atoms with Crippen LogP contribution in [-0.2, 0) is 0 Å². The highest BCUT2D eigenvalue weighted by atomic mass is 14.6. The molecule has 0 aromatic rings. The summed E-state index contributed by atoms with van der Waals surface area (Å²) in [6.45, 7) is 7.80. The van der Waals surface area contributed by atoms with Crippen LogP contribution in [0.15, 0.2) is 11.6 Å². The molecule has 0 aromatic heterocycles. The Bertz CT molecular complexity index is 433. The van der Waals surface area contributed by atoms with E-state index in [0.717, 1.165) is 23.7 Å². The van der Waals surface area contributed by atoms with Gasteiger partial charge in [-0.1, -0.05) is 38.8 Å². The Hall–Kier alpha value is -0.260. The van der Waals surface area contributed by atoms with Crippen LogP contribution in [0.5, 0.6) is 0 Å². The van der Waals surface area contributed by atoms with Crippen molar-refractivity contribution in [2.75, 3.05) is 0 Å².